The molecule has 1 rings (SSSR count). The largest absolute Gasteiger partial charge is 0.317 e. The van der Waals surface area contributed by atoms with E-state index in [-0.39, 0.29) is 0 Å². The molecule has 2 unspecified atom stereocenters. The molecule has 0 bridgehead atoms. The highest BCUT2D eigenvalue weighted by Crippen LogP contribution is 2.31. The van der Waals surface area contributed by atoms with Gasteiger partial charge in [-0.2, -0.15) is 11.8 Å². The highest BCUT2D eigenvalue weighted by molar-refractivity contribution is 8.00. The molecule has 1 saturated heterocycles. The molecule has 0 spiro atoms. The highest BCUT2D eigenvalue weighted by atomic mass is 32.2. The maximum Gasteiger partial charge on any atom is 0.0231 e. The van der Waals surface area contributed by atoms with Gasteiger partial charge in [-0.15, -0.1) is 0 Å². The fraction of sp³-hybridized carbons (Fsp3) is 1.00. The Morgan fingerprint density at radius 2 is 2.06 bits per heavy atom. The minimum atomic E-state index is 0.435. The van der Waals surface area contributed by atoms with Gasteiger partial charge in [0.1, 0.15) is 0 Å². The van der Waals surface area contributed by atoms with Crippen LogP contribution in [0, 0.1) is 5.92 Å². The lowest BCUT2D eigenvalue weighted by Crippen LogP contribution is -2.50. The standard InChI is InChI=1S/C13H28N2S/c1-6-14-9-11(2)12(3)15-7-8-16-13(4,5)10-15/h11-12,14H,6-10H2,1-5H3. The summed E-state index contributed by atoms with van der Waals surface area (Å²) >= 11 is 2.11. The first-order chi connectivity index (χ1) is 7.46. The van der Waals surface area contributed by atoms with E-state index in [4.69, 9.17) is 0 Å². The van der Waals surface area contributed by atoms with Crippen molar-refractivity contribution < 1.29 is 0 Å². The maximum atomic E-state index is 3.46. The molecular formula is C13H28N2S. The molecular weight excluding hydrogens is 216 g/mol. The molecule has 2 atom stereocenters. The molecule has 0 aromatic heterocycles. The van der Waals surface area contributed by atoms with E-state index in [1.54, 1.807) is 0 Å². The van der Waals surface area contributed by atoms with Gasteiger partial charge in [0.25, 0.3) is 0 Å². The van der Waals surface area contributed by atoms with Crippen molar-refractivity contribution in [1.82, 2.24) is 10.2 Å². The van der Waals surface area contributed by atoms with E-state index < -0.39 is 0 Å². The van der Waals surface area contributed by atoms with Gasteiger partial charge in [0.2, 0.25) is 0 Å². The number of thioether (sulfide) groups is 1. The molecule has 1 N–H and O–H groups in total. The van der Waals surface area contributed by atoms with Crippen molar-refractivity contribution in [2.45, 2.75) is 45.4 Å². The van der Waals surface area contributed by atoms with Gasteiger partial charge in [-0.3, -0.25) is 4.90 Å². The van der Waals surface area contributed by atoms with Crippen LogP contribution < -0.4 is 5.32 Å². The number of hydrogen-bond donors (Lipinski definition) is 1. The van der Waals surface area contributed by atoms with Crippen LogP contribution >= 0.6 is 11.8 Å². The van der Waals surface area contributed by atoms with Crippen molar-refractivity contribution >= 4 is 11.8 Å². The molecule has 1 aliphatic rings. The minimum Gasteiger partial charge on any atom is -0.317 e. The predicted molar refractivity (Wildman–Crippen MR) is 75.3 cm³/mol. The van der Waals surface area contributed by atoms with Gasteiger partial charge in [-0.25, -0.2) is 0 Å². The van der Waals surface area contributed by atoms with E-state index in [1.165, 1.54) is 18.8 Å². The van der Waals surface area contributed by atoms with Crippen LogP contribution in [0.3, 0.4) is 0 Å². The molecule has 2 nitrogen and oxygen atoms in total. The van der Waals surface area contributed by atoms with Crippen molar-refractivity contribution in [2.24, 2.45) is 5.92 Å². The highest BCUT2D eigenvalue weighted by Gasteiger charge is 2.30. The molecule has 0 aromatic carbocycles. The molecule has 1 aliphatic heterocycles. The minimum absolute atomic E-state index is 0.435. The summed E-state index contributed by atoms with van der Waals surface area (Å²) in [7, 11) is 0. The van der Waals surface area contributed by atoms with E-state index in [1.807, 2.05) is 0 Å². The molecule has 1 heterocycles. The quantitative estimate of drug-likeness (QED) is 0.800. The third kappa shape index (κ3) is 4.27. The van der Waals surface area contributed by atoms with Crippen LogP contribution in [0.5, 0.6) is 0 Å². The van der Waals surface area contributed by atoms with E-state index in [0.29, 0.717) is 10.8 Å². The summed E-state index contributed by atoms with van der Waals surface area (Å²) in [5.74, 6) is 2.02. The molecule has 0 aliphatic carbocycles. The topological polar surface area (TPSA) is 15.3 Å². The van der Waals surface area contributed by atoms with Crippen LogP contribution in [0.25, 0.3) is 0 Å². The van der Waals surface area contributed by atoms with Crippen molar-refractivity contribution in [3.63, 3.8) is 0 Å². The predicted octanol–water partition coefficient (Wildman–Crippen LogP) is 2.45. The van der Waals surface area contributed by atoms with Gasteiger partial charge < -0.3 is 5.32 Å². The summed E-state index contributed by atoms with van der Waals surface area (Å²) in [6.07, 6.45) is 0. The zero-order valence-electron chi connectivity index (χ0n) is 11.5. The SMILES string of the molecule is CCNCC(C)C(C)N1CCSC(C)(C)C1. The molecule has 96 valence electrons. The fourth-order valence-electron chi connectivity index (χ4n) is 2.30. The zero-order valence-corrected chi connectivity index (χ0v) is 12.4. The normalized spacial score (nSPS) is 25.3. The summed E-state index contributed by atoms with van der Waals surface area (Å²) in [6.45, 7) is 16.4. The van der Waals surface area contributed by atoms with Gasteiger partial charge >= 0.3 is 0 Å². The average Bonchev–Trinajstić information content (AvgIpc) is 2.23. The first kappa shape index (κ1) is 14.3. The second-order valence-corrected chi connectivity index (χ2v) is 7.41. The molecule has 0 radical (unpaired) electrons. The Morgan fingerprint density at radius 1 is 1.38 bits per heavy atom. The van der Waals surface area contributed by atoms with Crippen molar-refractivity contribution in [1.29, 1.82) is 0 Å². The van der Waals surface area contributed by atoms with Gasteiger partial charge in [0.15, 0.2) is 0 Å². The van der Waals surface area contributed by atoms with Crippen LogP contribution in [0.1, 0.15) is 34.6 Å². The molecule has 1 fully saturated rings. The Morgan fingerprint density at radius 3 is 2.62 bits per heavy atom. The van der Waals surface area contributed by atoms with E-state index in [0.717, 1.165) is 19.0 Å². The Hall–Kier alpha value is 0.270. The Labute approximate surface area is 106 Å². The Balaban J connectivity index is 2.43. The molecule has 0 saturated carbocycles. The van der Waals surface area contributed by atoms with Crippen LogP contribution in [0.15, 0.2) is 0 Å². The smallest absolute Gasteiger partial charge is 0.0231 e. The Kier molecular flexibility index (Phi) is 5.62. The van der Waals surface area contributed by atoms with Crippen LogP contribution in [0.4, 0.5) is 0 Å². The summed E-state index contributed by atoms with van der Waals surface area (Å²) in [5.41, 5.74) is 0. The second-order valence-electron chi connectivity index (χ2n) is 5.60. The molecule has 0 aromatic rings. The van der Waals surface area contributed by atoms with Crippen molar-refractivity contribution in [2.75, 3.05) is 31.9 Å². The second kappa shape index (κ2) is 6.27. The van der Waals surface area contributed by atoms with Gasteiger partial charge in [-0.05, 0) is 39.8 Å². The number of rotatable bonds is 5. The van der Waals surface area contributed by atoms with Gasteiger partial charge in [0, 0.05) is 29.6 Å². The number of nitrogens with zero attached hydrogens (tertiary/aromatic N) is 1. The van der Waals surface area contributed by atoms with E-state index in [9.17, 15) is 0 Å². The van der Waals surface area contributed by atoms with Gasteiger partial charge in [0.05, 0.1) is 0 Å². The fourth-order valence-corrected chi connectivity index (χ4v) is 3.44. The molecule has 16 heavy (non-hydrogen) atoms. The third-order valence-corrected chi connectivity index (χ3v) is 4.87. The van der Waals surface area contributed by atoms with Crippen LogP contribution in [-0.2, 0) is 0 Å². The first-order valence-electron chi connectivity index (χ1n) is 6.55. The van der Waals surface area contributed by atoms with Crippen molar-refractivity contribution in [3.05, 3.63) is 0 Å². The lowest BCUT2D eigenvalue weighted by atomic mass is 10.0. The maximum absolute atomic E-state index is 3.46. The summed E-state index contributed by atoms with van der Waals surface area (Å²) in [5, 5.41) is 3.46. The van der Waals surface area contributed by atoms with Gasteiger partial charge in [-0.1, -0.05) is 13.8 Å². The van der Waals surface area contributed by atoms with Crippen molar-refractivity contribution in [3.8, 4) is 0 Å². The van der Waals surface area contributed by atoms with Crippen LogP contribution in [0.2, 0.25) is 0 Å². The summed E-state index contributed by atoms with van der Waals surface area (Å²) in [6, 6.07) is 0.694. The average molecular weight is 244 g/mol. The molecule has 3 heteroatoms. The third-order valence-electron chi connectivity index (χ3n) is 3.57. The zero-order chi connectivity index (χ0) is 12.2. The Bertz CT molecular complexity index is 206. The van der Waals surface area contributed by atoms with E-state index >= 15 is 0 Å². The lowest BCUT2D eigenvalue weighted by Gasteiger charge is -2.42. The molecule has 0 amide bonds. The van der Waals surface area contributed by atoms with Crippen LogP contribution in [-0.4, -0.2) is 47.6 Å². The first-order valence-corrected chi connectivity index (χ1v) is 7.53. The summed E-state index contributed by atoms with van der Waals surface area (Å²) in [4.78, 5) is 2.67. The monoisotopic (exact) mass is 244 g/mol. The van der Waals surface area contributed by atoms with E-state index in [2.05, 4.69) is 56.6 Å². The summed E-state index contributed by atoms with van der Waals surface area (Å²) < 4.78 is 0.435. The number of hydrogen-bond acceptors (Lipinski definition) is 3. The lowest BCUT2D eigenvalue weighted by molar-refractivity contribution is 0.153. The number of nitrogens with one attached hydrogen (secondary N) is 1.